The first kappa shape index (κ1) is 13.9. The number of nitrogens with one attached hydrogen (secondary N) is 1. The summed E-state index contributed by atoms with van der Waals surface area (Å²) in [6.45, 7) is 0.257. The number of aliphatic carboxylic acids is 1. The van der Waals surface area contributed by atoms with Crippen LogP contribution in [-0.4, -0.2) is 48.5 Å². The number of hydrogen-bond acceptors (Lipinski definition) is 4. The normalized spacial score (nSPS) is 12.1. The second-order valence-corrected chi connectivity index (χ2v) is 3.13. The number of carbonyl (C=O) groups is 2. The Bertz CT molecular complexity index is 201. The summed E-state index contributed by atoms with van der Waals surface area (Å²) in [6, 6.07) is -0.263. The highest BCUT2D eigenvalue weighted by Gasteiger charge is 2.12. The molecule has 0 heterocycles. The molecule has 6 heteroatoms. The fourth-order valence-corrected chi connectivity index (χ4v) is 1.07. The average Bonchev–Trinajstić information content (AvgIpc) is 2.15. The van der Waals surface area contributed by atoms with Gasteiger partial charge in [-0.15, -0.1) is 0 Å². The van der Waals surface area contributed by atoms with Crippen molar-refractivity contribution >= 4 is 11.9 Å². The summed E-state index contributed by atoms with van der Waals surface area (Å²) >= 11 is 0. The molecule has 0 aromatic rings. The summed E-state index contributed by atoms with van der Waals surface area (Å²) in [4.78, 5) is 21.4. The number of carbonyl (C=O) groups excluding carboxylic acids is 1. The molecule has 0 radical (unpaired) electrons. The number of aliphatic hydroxyl groups excluding tert-OH is 1. The monoisotopic (exact) mass is 219 g/mol. The van der Waals surface area contributed by atoms with Crippen LogP contribution in [0.1, 0.15) is 19.3 Å². The summed E-state index contributed by atoms with van der Waals surface area (Å²) in [7, 11) is 1.49. The van der Waals surface area contributed by atoms with E-state index in [1.54, 1.807) is 0 Å². The van der Waals surface area contributed by atoms with Crippen molar-refractivity contribution in [3.05, 3.63) is 0 Å². The van der Waals surface area contributed by atoms with E-state index < -0.39 is 5.97 Å². The predicted molar refractivity (Wildman–Crippen MR) is 52.4 cm³/mol. The Labute approximate surface area is 88.2 Å². The number of aliphatic hydroxyl groups is 1. The molecule has 0 fully saturated rings. The molecule has 15 heavy (non-hydrogen) atoms. The minimum Gasteiger partial charge on any atom is -0.481 e. The average molecular weight is 219 g/mol. The number of carboxylic acid groups (broad SMARTS) is 1. The minimum absolute atomic E-state index is 0.0484. The molecule has 0 rings (SSSR count). The lowest BCUT2D eigenvalue weighted by molar-refractivity contribution is -0.139. The largest absolute Gasteiger partial charge is 0.481 e. The predicted octanol–water partition coefficient (Wildman–Crippen LogP) is -0.635. The molecule has 0 aliphatic rings. The summed E-state index contributed by atoms with van der Waals surface area (Å²) < 4.78 is 4.84. The Kier molecular flexibility index (Phi) is 7.57. The number of amides is 1. The van der Waals surface area contributed by atoms with Gasteiger partial charge in [0.25, 0.3) is 0 Å². The lowest BCUT2D eigenvalue weighted by Crippen LogP contribution is -2.38. The molecule has 3 N–H and O–H groups in total. The van der Waals surface area contributed by atoms with Gasteiger partial charge in [-0.25, -0.2) is 0 Å². The summed E-state index contributed by atoms with van der Waals surface area (Å²) in [5, 5.41) is 19.6. The van der Waals surface area contributed by atoms with Crippen molar-refractivity contribution in [3.8, 4) is 0 Å². The van der Waals surface area contributed by atoms with Crippen molar-refractivity contribution in [2.45, 2.75) is 25.3 Å². The van der Waals surface area contributed by atoms with Gasteiger partial charge in [0.15, 0.2) is 0 Å². The van der Waals surface area contributed by atoms with Gasteiger partial charge >= 0.3 is 5.97 Å². The highest BCUT2D eigenvalue weighted by Crippen LogP contribution is 1.95. The molecule has 0 aliphatic heterocycles. The van der Waals surface area contributed by atoms with Crippen LogP contribution in [0.2, 0.25) is 0 Å². The Morgan fingerprint density at radius 1 is 1.40 bits per heavy atom. The van der Waals surface area contributed by atoms with E-state index in [2.05, 4.69) is 5.32 Å². The maximum Gasteiger partial charge on any atom is 0.303 e. The third kappa shape index (κ3) is 7.90. The van der Waals surface area contributed by atoms with Gasteiger partial charge in [0.1, 0.15) is 0 Å². The smallest absolute Gasteiger partial charge is 0.303 e. The molecule has 1 unspecified atom stereocenters. The first-order valence-electron chi connectivity index (χ1n) is 4.71. The quantitative estimate of drug-likeness (QED) is 0.505. The third-order valence-corrected chi connectivity index (χ3v) is 1.78. The van der Waals surface area contributed by atoms with Crippen LogP contribution in [0, 0.1) is 0 Å². The second-order valence-electron chi connectivity index (χ2n) is 3.13. The molecule has 0 saturated heterocycles. The van der Waals surface area contributed by atoms with Gasteiger partial charge in [-0.2, -0.15) is 0 Å². The Morgan fingerprint density at radius 2 is 2.07 bits per heavy atom. The zero-order valence-corrected chi connectivity index (χ0v) is 8.73. The molecular formula is C9H17NO5. The summed E-state index contributed by atoms with van der Waals surface area (Å²) in [6.07, 6.45) is 0.151. The number of methoxy groups -OCH3 is 1. The zero-order valence-electron chi connectivity index (χ0n) is 8.73. The molecule has 1 amide bonds. The van der Waals surface area contributed by atoms with Gasteiger partial charge in [0, 0.05) is 20.1 Å². The first-order valence-corrected chi connectivity index (χ1v) is 4.71. The van der Waals surface area contributed by atoms with Gasteiger partial charge in [0.2, 0.25) is 5.91 Å². The number of ether oxygens (including phenoxy) is 1. The molecule has 0 bridgehead atoms. The molecule has 0 aliphatic carbocycles. The standard InChI is InChI=1S/C9H17NO5/c1-15-6-7(4-5-11)10-8(12)2-3-9(13)14/h7,11H,2-6H2,1H3,(H,10,12)(H,13,14). The van der Waals surface area contributed by atoms with Crippen LogP contribution in [0.15, 0.2) is 0 Å². The van der Waals surface area contributed by atoms with Crippen LogP contribution in [0.4, 0.5) is 0 Å². The van der Waals surface area contributed by atoms with Crippen LogP contribution >= 0.6 is 0 Å². The Morgan fingerprint density at radius 3 is 2.53 bits per heavy atom. The van der Waals surface area contributed by atoms with Crippen molar-refractivity contribution in [2.75, 3.05) is 20.3 Å². The lowest BCUT2D eigenvalue weighted by atomic mass is 10.2. The van der Waals surface area contributed by atoms with Crippen LogP contribution in [0.5, 0.6) is 0 Å². The van der Waals surface area contributed by atoms with E-state index in [-0.39, 0.29) is 31.4 Å². The van der Waals surface area contributed by atoms with Gasteiger partial charge < -0.3 is 20.3 Å². The first-order chi connectivity index (χ1) is 7.10. The highest BCUT2D eigenvalue weighted by atomic mass is 16.5. The van der Waals surface area contributed by atoms with Crippen molar-refractivity contribution in [1.29, 1.82) is 0 Å². The summed E-state index contributed by atoms with van der Waals surface area (Å²) in [5.74, 6) is -1.34. The highest BCUT2D eigenvalue weighted by molar-refractivity contribution is 5.80. The Balaban J connectivity index is 3.82. The van der Waals surface area contributed by atoms with Crippen molar-refractivity contribution < 1.29 is 24.5 Å². The molecule has 0 aromatic carbocycles. The van der Waals surface area contributed by atoms with Crippen LogP contribution in [-0.2, 0) is 14.3 Å². The van der Waals surface area contributed by atoms with Crippen molar-refractivity contribution in [3.63, 3.8) is 0 Å². The maximum absolute atomic E-state index is 11.2. The van der Waals surface area contributed by atoms with Crippen LogP contribution < -0.4 is 5.32 Å². The zero-order chi connectivity index (χ0) is 11.7. The van der Waals surface area contributed by atoms with E-state index in [9.17, 15) is 9.59 Å². The van der Waals surface area contributed by atoms with E-state index in [1.807, 2.05) is 0 Å². The third-order valence-electron chi connectivity index (χ3n) is 1.78. The fourth-order valence-electron chi connectivity index (χ4n) is 1.07. The van der Waals surface area contributed by atoms with Gasteiger partial charge in [-0.3, -0.25) is 9.59 Å². The van der Waals surface area contributed by atoms with E-state index in [1.165, 1.54) is 7.11 Å². The van der Waals surface area contributed by atoms with E-state index in [0.717, 1.165) is 0 Å². The Hall–Kier alpha value is -1.14. The van der Waals surface area contributed by atoms with Crippen LogP contribution in [0.25, 0.3) is 0 Å². The van der Waals surface area contributed by atoms with Crippen LogP contribution in [0.3, 0.4) is 0 Å². The molecule has 6 nitrogen and oxygen atoms in total. The van der Waals surface area contributed by atoms with Gasteiger partial charge in [0.05, 0.1) is 19.1 Å². The van der Waals surface area contributed by atoms with Gasteiger partial charge in [-0.1, -0.05) is 0 Å². The van der Waals surface area contributed by atoms with Gasteiger partial charge in [-0.05, 0) is 6.42 Å². The van der Waals surface area contributed by atoms with E-state index in [4.69, 9.17) is 14.9 Å². The number of hydrogen-bond donors (Lipinski definition) is 3. The maximum atomic E-state index is 11.2. The topological polar surface area (TPSA) is 95.9 Å². The molecule has 0 saturated carbocycles. The molecule has 0 aromatic heterocycles. The van der Waals surface area contributed by atoms with E-state index in [0.29, 0.717) is 13.0 Å². The van der Waals surface area contributed by atoms with Crippen molar-refractivity contribution in [1.82, 2.24) is 5.32 Å². The molecular weight excluding hydrogens is 202 g/mol. The lowest BCUT2D eigenvalue weighted by Gasteiger charge is -2.16. The molecule has 88 valence electrons. The van der Waals surface area contributed by atoms with Crippen molar-refractivity contribution in [2.24, 2.45) is 0 Å². The minimum atomic E-state index is -1.00. The van der Waals surface area contributed by atoms with E-state index >= 15 is 0 Å². The summed E-state index contributed by atoms with van der Waals surface area (Å²) in [5.41, 5.74) is 0. The molecule has 1 atom stereocenters. The number of rotatable bonds is 8. The number of carboxylic acids is 1. The SMILES string of the molecule is COCC(CCO)NC(=O)CCC(=O)O. The second kappa shape index (κ2) is 8.19. The molecule has 0 spiro atoms. The fraction of sp³-hybridized carbons (Fsp3) is 0.778.